The number of hydrogen-bond acceptors (Lipinski definition) is 4. The Balaban J connectivity index is 2.51. The average molecular weight is 398 g/mol. The number of nitrogens with zero attached hydrogens (tertiary/aromatic N) is 1. The zero-order valence-electron chi connectivity index (χ0n) is 10.9. The Morgan fingerprint density at radius 1 is 1.33 bits per heavy atom. The number of thioether (sulfide) groups is 1. The summed E-state index contributed by atoms with van der Waals surface area (Å²) in [5, 5.41) is 8.96. The van der Waals surface area contributed by atoms with Gasteiger partial charge in [0.1, 0.15) is 4.90 Å². The van der Waals surface area contributed by atoms with Crippen molar-refractivity contribution < 1.29 is 22.7 Å². The van der Waals surface area contributed by atoms with Gasteiger partial charge in [0, 0.05) is 23.3 Å². The molecule has 0 saturated carbocycles. The molecule has 1 saturated heterocycles. The standard InChI is InChI=1S/C12H13BrFNO4S2/c13-8-6-9(12(16)17)11(14)10(7-8)21(18,19)15-2-1-4-20-5-3-15/h6-7H,1-5H2,(H,16,17). The van der Waals surface area contributed by atoms with Crippen LogP contribution in [0.1, 0.15) is 16.8 Å². The van der Waals surface area contributed by atoms with E-state index in [0.29, 0.717) is 25.3 Å². The second-order valence-electron chi connectivity index (χ2n) is 4.44. The molecule has 0 atom stereocenters. The predicted octanol–water partition coefficient (Wildman–Crippen LogP) is 2.41. The number of aromatic carboxylic acids is 1. The van der Waals surface area contributed by atoms with Gasteiger partial charge < -0.3 is 5.11 Å². The summed E-state index contributed by atoms with van der Waals surface area (Å²) in [6.45, 7) is 0.602. The summed E-state index contributed by atoms with van der Waals surface area (Å²) in [5.41, 5.74) is -0.660. The maximum absolute atomic E-state index is 14.2. The van der Waals surface area contributed by atoms with Crippen molar-refractivity contribution in [3.8, 4) is 0 Å². The van der Waals surface area contributed by atoms with E-state index in [2.05, 4.69) is 15.9 Å². The second-order valence-corrected chi connectivity index (χ2v) is 8.49. The van der Waals surface area contributed by atoms with E-state index in [-0.39, 0.29) is 4.47 Å². The summed E-state index contributed by atoms with van der Waals surface area (Å²) >= 11 is 4.67. The zero-order valence-corrected chi connectivity index (χ0v) is 14.1. The highest BCUT2D eigenvalue weighted by atomic mass is 79.9. The van der Waals surface area contributed by atoms with Gasteiger partial charge in [0.2, 0.25) is 10.0 Å². The van der Waals surface area contributed by atoms with Crippen LogP contribution in [0.15, 0.2) is 21.5 Å². The number of sulfonamides is 1. The molecule has 0 amide bonds. The van der Waals surface area contributed by atoms with E-state index in [0.717, 1.165) is 17.9 Å². The molecule has 1 aromatic carbocycles. The van der Waals surface area contributed by atoms with Crippen LogP contribution < -0.4 is 0 Å². The molecule has 0 aliphatic carbocycles. The zero-order chi connectivity index (χ0) is 15.6. The molecule has 0 radical (unpaired) electrons. The Hall–Kier alpha value is -0.640. The van der Waals surface area contributed by atoms with E-state index in [9.17, 15) is 17.6 Å². The van der Waals surface area contributed by atoms with Crippen molar-refractivity contribution in [3.63, 3.8) is 0 Å². The lowest BCUT2D eigenvalue weighted by Gasteiger charge is -2.20. The molecule has 1 aromatic rings. The van der Waals surface area contributed by atoms with Gasteiger partial charge in [0.15, 0.2) is 5.82 Å². The van der Waals surface area contributed by atoms with Crippen LogP contribution in [0, 0.1) is 5.82 Å². The minimum absolute atomic E-state index is 0.212. The predicted molar refractivity (Wildman–Crippen MR) is 81.8 cm³/mol. The van der Waals surface area contributed by atoms with E-state index in [1.54, 1.807) is 11.8 Å². The molecule has 2 rings (SSSR count). The quantitative estimate of drug-likeness (QED) is 0.847. The van der Waals surface area contributed by atoms with Gasteiger partial charge in [-0.05, 0) is 24.3 Å². The van der Waals surface area contributed by atoms with E-state index < -0.39 is 32.3 Å². The molecule has 1 N–H and O–H groups in total. The highest BCUT2D eigenvalue weighted by Crippen LogP contribution is 2.27. The SMILES string of the molecule is O=C(O)c1cc(Br)cc(S(=O)(=O)N2CCCSCC2)c1F. The third-order valence-electron chi connectivity index (χ3n) is 3.03. The van der Waals surface area contributed by atoms with Crippen molar-refractivity contribution in [3.05, 3.63) is 28.0 Å². The van der Waals surface area contributed by atoms with Crippen LogP contribution in [-0.2, 0) is 10.0 Å². The van der Waals surface area contributed by atoms with Crippen molar-refractivity contribution in [2.75, 3.05) is 24.6 Å². The highest BCUT2D eigenvalue weighted by molar-refractivity contribution is 9.10. The maximum atomic E-state index is 14.2. The Bertz CT molecular complexity index is 657. The van der Waals surface area contributed by atoms with Crippen molar-refractivity contribution in [2.45, 2.75) is 11.3 Å². The van der Waals surface area contributed by atoms with Crippen molar-refractivity contribution in [1.82, 2.24) is 4.31 Å². The topological polar surface area (TPSA) is 74.7 Å². The van der Waals surface area contributed by atoms with Crippen LogP contribution >= 0.6 is 27.7 Å². The molecule has 1 heterocycles. The molecule has 0 unspecified atom stereocenters. The van der Waals surface area contributed by atoms with E-state index in [1.165, 1.54) is 4.31 Å². The van der Waals surface area contributed by atoms with Gasteiger partial charge in [-0.3, -0.25) is 0 Å². The lowest BCUT2D eigenvalue weighted by Crippen LogP contribution is -2.33. The molecule has 21 heavy (non-hydrogen) atoms. The minimum atomic E-state index is -4.04. The minimum Gasteiger partial charge on any atom is -0.478 e. The Kier molecular flexibility index (Phi) is 5.29. The van der Waals surface area contributed by atoms with Gasteiger partial charge in [-0.2, -0.15) is 16.1 Å². The lowest BCUT2D eigenvalue weighted by molar-refractivity contribution is 0.0691. The van der Waals surface area contributed by atoms with Gasteiger partial charge in [-0.15, -0.1) is 0 Å². The van der Waals surface area contributed by atoms with Crippen LogP contribution in [-0.4, -0.2) is 48.4 Å². The van der Waals surface area contributed by atoms with Crippen LogP contribution in [0.2, 0.25) is 0 Å². The monoisotopic (exact) mass is 397 g/mol. The fourth-order valence-corrected chi connectivity index (χ4v) is 5.21. The van der Waals surface area contributed by atoms with Gasteiger partial charge in [0.25, 0.3) is 0 Å². The molecule has 116 valence electrons. The summed E-state index contributed by atoms with van der Waals surface area (Å²) in [5.74, 6) is -1.23. The molecule has 1 aliphatic rings. The third-order valence-corrected chi connectivity index (χ3v) is 6.44. The molecule has 9 heteroatoms. The summed E-state index contributed by atoms with van der Waals surface area (Å²) < 4.78 is 40.8. The number of carboxylic acid groups (broad SMARTS) is 1. The van der Waals surface area contributed by atoms with E-state index in [1.807, 2.05) is 0 Å². The molecule has 1 fully saturated rings. The van der Waals surface area contributed by atoms with Crippen LogP contribution in [0.3, 0.4) is 0 Å². The van der Waals surface area contributed by atoms with Crippen molar-refractivity contribution in [2.24, 2.45) is 0 Å². The van der Waals surface area contributed by atoms with Crippen molar-refractivity contribution >= 4 is 43.7 Å². The fraction of sp³-hybridized carbons (Fsp3) is 0.417. The normalized spacial score (nSPS) is 17.4. The molecule has 0 aromatic heterocycles. The molecule has 0 bridgehead atoms. The second kappa shape index (κ2) is 6.64. The number of carbonyl (C=O) groups is 1. The fourth-order valence-electron chi connectivity index (χ4n) is 2.01. The summed E-state index contributed by atoms with van der Waals surface area (Å²) in [6, 6.07) is 2.16. The van der Waals surface area contributed by atoms with Crippen LogP contribution in [0.25, 0.3) is 0 Å². The number of carboxylic acids is 1. The molecule has 0 spiro atoms. The Morgan fingerprint density at radius 3 is 2.71 bits per heavy atom. The first-order valence-corrected chi connectivity index (χ1v) is 9.53. The first kappa shape index (κ1) is 16.7. The first-order valence-electron chi connectivity index (χ1n) is 6.14. The van der Waals surface area contributed by atoms with Gasteiger partial charge in [-0.25, -0.2) is 17.6 Å². The van der Waals surface area contributed by atoms with Crippen LogP contribution in [0.5, 0.6) is 0 Å². The van der Waals surface area contributed by atoms with E-state index in [4.69, 9.17) is 5.11 Å². The number of halogens is 2. The summed E-state index contributed by atoms with van der Waals surface area (Å²) in [4.78, 5) is 10.4. The lowest BCUT2D eigenvalue weighted by atomic mass is 10.2. The Labute approximate surface area is 134 Å². The molecular weight excluding hydrogens is 385 g/mol. The van der Waals surface area contributed by atoms with Gasteiger partial charge in [0.05, 0.1) is 5.56 Å². The molecular formula is C12H13BrFNO4S2. The smallest absolute Gasteiger partial charge is 0.338 e. The van der Waals surface area contributed by atoms with E-state index >= 15 is 0 Å². The Morgan fingerprint density at radius 2 is 2.05 bits per heavy atom. The average Bonchev–Trinajstić information content (AvgIpc) is 2.70. The third kappa shape index (κ3) is 3.58. The first-order chi connectivity index (χ1) is 9.84. The largest absolute Gasteiger partial charge is 0.478 e. The number of rotatable bonds is 3. The number of benzene rings is 1. The summed E-state index contributed by atoms with van der Waals surface area (Å²) in [6.07, 6.45) is 0.686. The maximum Gasteiger partial charge on any atom is 0.338 e. The van der Waals surface area contributed by atoms with Crippen molar-refractivity contribution in [1.29, 1.82) is 0 Å². The van der Waals surface area contributed by atoms with Crippen LogP contribution in [0.4, 0.5) is 4.39 Å². The van der Waals surface area contributed by atoms with Gasteiger partial charge in [-0.1, -0.05) is 15.9 Å². The van der Waals surface area contributed by atoms with Gasteiger partial charge >= 0.3 is 5.97 Å². The molecule has 1 aliphatic heterocycles. The number of hydrogen-bond donors (Lipinski definition) is 1. The highest BCUT2D eigenvalue weighted by Gasteiger charge is 2.30. The molecule has 5 nitrogen and oxygen atoms in total. The summed E-state index contributed by atoms with van der Waals surface area (Å²) in [7, 11) is -4.04.